The van der Waals surface area contributed by atoms with Crippen LogP contribution < -0.4 is 10.0 Å². The van der Waals surface area contributed by atoms with Gasteiger partial charge in [-0.2, -0.15) is 0 Å². The Kier molecular flexibility index (Phi) is 9.10. The number of hydrogen-bond acceptors (Lipinski definition) is 5. The molecule has 1 fully saturated rings. The summed E-state index contributed by atoms with van der Waals surface area (Å²) in [4.78, 5) is 27.8. The zero-order valence-corrected chi connectivity index (χ0v) is 20.9. The van der Waals surface area contributed by atoms with E-state index in [1.165, 1.54) is 29.2 Å². The molecule has 2 N–H and O–H groups in total. The van der Waals surface area contributed by atoms with E-state index in [2.05, 4.69) is 10.0 Å². The number of carbonyl (C=O) groups is 2. The van der Waals surface area contributed by atoms with Crippen LogP contribution in [0.4, 0.5) is 0 Å². The lowest BCUT2D eigenvalue weighted by molar-refractivity contribution is -0.143. The van der Waals surface area contributed by atoms with Gasteiger partial charge in [-0.15, -0.1) is 0 Å². The van der Waals surface area contributed by atoms with Gasteiger partial charge in [-0.1, -0.05) is 25.4 Å². The van der Waals surface area contributed by atoms with Gasteiger partial charge in [0.05, 0.1) is 17.5 Å². The van der Waals surface area contributed by atoms with Crippen molar-refractivity contribution in [1.82, 2.24) is 14.9 Å². The number of rotatable bonds is 9. The number of benzene rings is 1. The fraction of sp³-hybridized carbons (Fsp3) is 0.636. The lowest BCUT2D eigenvalue weighted by Gasteiger charge is -2.36. The summed E-state index contributed by atoms with van der Waals surface area (Å²) in [6.07, 6.45) is 1.48. The lowest BCUT2D eigenvalue weighted by Crippen LogP contribution is -2.58. The number of hydrogen-bond donors (Lipinski definition) is 2. The third kappa shape index (κ3) is 7.72. The van der Waals surface area contributed by atoms with E-state index in [4.69, 9.17) is 16.3 Å². The Morgan fingerprint density at radius 3 is 2.34 bits per heavy atom. The molecule has 0 spiro atoms. The van der Waals surface area contributed by atoms with Crippen LogP contribution >= 0.6 is 11.6 Å². The van der Waals surface area contributed by atoms with E-state index in [1.807, 2.05) is 34.6 Å². The number of sulfonamides is 1. The summed E-state index contributed by atoms with van der Waals surface area (Å²) in [6.45, 7) is 9.70. The molecule has 8 nitrogen and oxygen atoms in total. The third-order valence-corrected chi connectivity index (χ3v) is 6.69. The first-order valence-corrected chi connectivity index (χ1v) is 12.6. The molecule has 1 saturated heterocycles. The number of nitrogens with one attached hydrogen (secondary N) is 2. The van der Waals surface area contributed by atoms with Gasteiger partial charge in [-0.3, -0.25) is 9.59 Å². The van der Waals surface area contributed by atoms with Gasteiger partial charge in [0.1, 0.15) is 6.04 Å². The lowest BCUT2D eigenvalue weighted by atomic mass is 9.98. The smallest absolute Gasteiger partial charge is 0.243 e. The van der Waals surface area contributed by atoms with Crippen molar-refractivity contribution in [3.05, 3.63) is 29.3 Å². The summed E-state index contributed by atoms with van der Waals surface area (Å²) >= 11 is 5.83. The number of amides is 2. The van der Waals surface area contributed by atoms with Gasteiger partial charge >= 0.3 is 0 Å². The Hall–Kier alpha value is -1.68. The van der Waals surface area contributed by atoms with Crippen molar-refractivity contribution in [2.24, 2.45) is 5.92 Å². The fourth-order valence-electron chi connectivity index (χ4n) is 3.58. The molecule has 0 bridgehead atoms. The SMILES string of the molecule is CC(C)[C@H](C(=O)NC(C)(C)C)N(C[C@H]1CCCO1)C(=O)CNS(=O)(=O)c1ccc(Cl)cc1. The molecule has 1 aliphatic heterocycles. The highest BCUT2D eigenvalue weighted by Crippen LogP contribution is 2.20. The highest BCUT2D eigenvalue weighted by Gasteiger charge is 2.36. The van der Waals surface area contributed by atoms with Crippen LogP contribution in [0, 0.1) is 5.92 Å². The van der Waals surface area contributed by atoms with Crippen LogP contribution in [0.15, 0.2) is 29.2 Å². The van der Waals surface area contributed by atoms with Gasteiger partial charge < -0.3 is 15.0 Å². The summed E-state index contributed by atoms with van der Waals surface area (Å²) in [5.41, 5.74) is -0.473. The molecule has 0 unspecified atom stereocenters. The topological polar surface area (TPSA) is 105 Å². The molecule has 0 saturated carbocycles. The minimum Gasteiger partial charge on any atom is -0.376 e. The van der Waals surface area contributed by atoms with E-state index in [9.17, 15) is 18.0 Å². The molecule has 1 aliphatic rings. The maximum atomic E-state index is 13.2. The third-order valence-electron chi connectivity index (χ3n) is 5.02. The molecule has 32 heavy (non-hydrogen) atoms. The van der Waals surface area contributed by atoms with E-state index in [0.717, 1.165) is 12.8 Å². The van der Waals surface area contributed by atoms with Crippen LogP contribution in [0.3, 0.4) is 0 Å². The molecule has 180 valence electrons. The van der Waals surface area contributed by atoms with Crippen molar-refractivity contribution in [1.29, 1.82) is 0 Å². The Balaban J connectivity index is 2.22. The van der Waals surface area contributed by atoms with Crippen molar-refractivity contribution in [2.45, 2.75) is 70.0 Å². The van der Waals surface area contributed by atoms with E-state index in [-0.39, 0.29) is 29.4 Å². The van der Waals surface area contributed by atoms with Gasteiger partial charge in [0.25, 0.3) is 0 Å². The zero-order chi connectivity index (χ0) is 24.1. The van der Waals surface area contributed by atoms with Gasteiger partial charge in [-0.05, 0) is 63.8 Å². The number of halogens is 1. The second kappa shape index (κ2) is 11.0. The average molecular weight is 488 g/mol. The van der Waals surface area contributed by atoms with Crippen molar-refractivity contribution in [3.8, 4) is 0 Å². The van der Waals surface area contributed by atoms with E-state index < -0.39 is 34.1 Å². The van der Waals surface area contributed by atoms with E-state index >= 15 is 0 Å². The summed E-state index contributed by atoms with van der Waals surface area (Å²) in [7, 11) is -3.92. The highest BCUT2D eigenvalue weighted by atomic mass is 35.5. The summed E-state index contributed by atoms with van der Waals surface area (Å²) < 4.78 is 33.3. The van der Waals surface area contributed by atoms with Gasteiger partial charge in [0, 0.05) is 23.7 Å². The second-order valence-electron chi connectivity index (χ2n) is 9.39. The van der Waals surface area contributed by atoms with Gasteiger partial charge in [0.15, 0.2) is 0 Å². The first-order chi connectivity index (χ1) is 14.8. The Bertz CT molecular complexity index is 891. The number of nitrogens with zero attached hydrogens (tertiary/aromatic N) is 1. The molecule has 0 aliphatic carbocycles. The Morgan fingerprint density at radius 1 is 1.22 bits per heavy atom. The molecule has 1 aromatic carbocycles. The molecule has 2 amide bonds. The molecule has 1 aromatic rings. The van der Waals surface area contributed by atoms with Crippen LogP contribution in [0.5, 0.6) is 0 Å². The monoisotopic (exact) mass is 487 g/mol. The van der Waals surface area contributed by atoms with Gasteiger partial charge in [0.2, 0.25) is 21.8 Å². The Morgan fingerprint density at radius 2 is 1.84 bits per heavy atom. The zero-order valence-electron chi connectivity index (χ0n) is 19.4. The minimum atomic E-state index is -3.92. The fourth-order valence-corrected chi connectivity index (χ4v) is 4.68. The predicted octanol–water partition coefficient (Wildman–Crippen LogP) is 2.57. The van der Waals surface area contributed by atoms with Crippen molar-refractivity contribution in [2.75, 3.05) is 19.7 Å². The van der Waals surface area contributed by atoms with E-state index in [1.54, 1.807) is 0 Å². The maximum Gasteiger partial charge on any atom is 0.243 e. The normalized spacial score (nSPS) is 17.9. The number of ether oxygens (including phenoxy) is 1. The summed E-state index contributed by atoms with van der Waals surface area (Å²) in [5, 5.41) is 3.35. The van der Waals surface area contributed by atoms with Crippen LogP contribution in [-0.4, -0.2) is 62.5 Å². The second-order valence-corrected chi connectivity index (χ2v) is 11.6. The molecule has 1 heterocycles. The molecular weight excluding hydrogens is 454 g/mol. The highest BCUT2D eigenvalue weighted by molar-refractivity contribution is 7.89. The molecule has 10 heteroatoms. The first kappa shape index (κ1) is 26.6. The minimum absolute atomic E-state index is 0.00580. The molecule has 2 rings (SSSR count). The van der Waals surface area contributed by atoms with Crippen LogP contribution in [0.1, 0.15) is 47.5 Å². The van der Waals surface area contributed by atoms with Crippen molar-refractivity contribution < 1.29 is 22.7 Å². The largest absolute Gasteiger partial charge is 0.376 e. The summed E-state index contributed by atoms with van der Waals surface area (Å²) in [5.74, 6) is -0.948. The van der Waals surface area contributed by atoms with Crippen molar-refractivity contribution in [3.63, 3.8) is 0 Å². The van der Waals surface area contributed by atoms with Crippen molar-refractivity contribution >= 4 is 33.4 Å². The van der Waals surface area contributed by atoms with Gasteiger partial charge in [-0.25, -0.2) is 13.1 Å². The number of carbonyl (C=O) groups excluding carboxylic acids is 2. The maximum absolute atomic E-state index is 13.2. The van der Waals surface area contributed by atoms with Crippen LogP contribution in [0.25, 0.3) is 0 Å². The van der Waals surface area contributed by atoms with Crippen LogP contribution in [-0.2, 0) is 24.3 Å². The summed E-state index contributed by atoms with van der Waals surface area (Å²) in [6, 6.07) is 4.91. The molecule has 0 radical (unpaired) electrons. The molecule has 2 atom stereocenters. The first-order valence-electron chi connectivity index (χ1n) is 10.8. The Labute approximate surface area is 196 Å². The van der Waals surface area contributed by atoms with Crippen LogP contribution in [0.2, 0.25) is 5.02 Å². The average Bonchev–Trinajstić information content (AvgIpc) is 3.17. The molecule has 0 aromatic heterocycles. The predicted molar refractivity (Wildman–Crippen MR) is 124 cm³/mol. The standard InChI is InChI=1S/C22H34ClN3O5S/c1-15(2)20(21(28)25-22(3,4)5)26(14-17-7-6-12-31-17)19(27)13-24-32(29,30)18-10-8-16(23)9-11-18/h8-11,15,17,20,24H,6-7,12-14H2,1-5H3,(H,25,28)/t17-,20-/m1/s1. The quantitative estimate of drug-likeness (QED) is 0.557. The van der Waals surface area contributed by atoms with E-state index in [0.29, 0.717) is 11.6 Å². The molecular formula is C22H34ClN3O5S.